The third kappa shape index (κ3) is 4.91. The highest BCUT2D eigenvalue weighted by atomic mass is 32.2. The number of ether oxygens (including phenoxy) is 2. The molecule has 0 spiro atoms. The lowest BCUT2D eigenvalue weighted by Gasteiger charge is -2.31. The Bertz CT molecular complexity index is 318. The minimum Gasteiger partial charge on any atom is -0.379 e. The molecule has 2 N–H and O–H groups in total. The molecule has 1 aliphatic heterocycles. The molecule has 1 fully saturated rings. The molecule has 1 saturated heterocycles. The van der Waals surface area contributed by atoms with Crippen LogP contribution in [0.25, 0.3) is 0 Å². The van der Waals surface area contributed by atoms with Crippen molar-refractivity contribution in [3.05, 3.63) is 0 Å². The van der Waals surface area contributed by atoms with Gasteiger partial charge in [0.25, 0.3) is 0 Å². The third-order valence-electron chi connectivity index (χ3n) is 3.52. The lowest BCUT2D eigenvalue weighted by Crippen LogP contribution is -2.38. The smallest absolute Gasteiger partial charge is 0.209 e. The van der Waals surface area contributed by atoms with E-state index >= 15 is 0 Å². The van der Waals surface area contributed by atoms with Crippen molar-refractivity contribution in [2.45, 2.75) is 39.2 Å². The minimum atomic E-state index is -3.46. The first-order valence-corrected chi connectivity index (χ1v) is 7.82. The predicted octanol–water partition coefficient (Wildman–Crippen LogP) is 0.887. The van der Waals surface area contributed by atoms with Crippen LogP contribution in [0.1, 0.15) is 33.1 Å². The van der Waals surface area contributed by atoms with Gasteiger partial charge in [0.1, 0.15) is 0 Å². The highest BCUT2D eigenvalue weighted by Gasteiger charge is 2.32. The average molecular weight is 265 g/mol. The van der Waals surface area contributed by atoms with Crippen molar-refractivity contribution >= 4 is 10.0 Å². The molecule has 1 atom stereocenters. The van der Waals surface area contributed by atoms with Gasteiger partial charge in [-0.1, -0.05) is 13.8 Å². The molecule has 6 heteroatoms. The summed E-state index contributed by atoms with van der Waals surface area (Å²) in [5.74, 6) is -0.0133. The van der Waals surface area contributed by atoms with Crippen LogP contribution in [0.15, 0.2) is 0 Å². The SMILES string of the molecule is CCC(CC)(COC1CCOC1)CS(N)(=O)=O. The Morgan fingerprint density at radius 1 is 1.41 bits per heavy atom. The van der Waals surface area contributed by atoms with Gasteiger partial charge in [0.2, 0.25) is 10.0 Å². The zero-order valence-corrected chi connectivity index (χ0v) is 11.5. The summed E-state index contributed by atoms with van der Waals surface area (Å²) < 4.78 is 33.5. The molecular weight excluding hydrogens is 242 g/mol. The van der Waals surface area contributed by atoms with E-state index in [9.17, 15) is 8.42 Å². The molecule has 1 unspecified atom stereocenters. The number of rotatable bonds is 7. The fourth-order valence-corrected chi connectivity index (χ4v) is 3.41. The first-order chi connectivity index (χ1) is 7.91. The number of primary sulfonamides is 1. The van der Waals surface area contributed by atoms with Crippen LogP contribution in [0.4, 0.5) is 0 Å². The second-order valence-electron chi connectivity index (χ2n) is 4.81. The number of nitrogens with two attached hydrogens (primary N) is 1. The van der Waals surface area contributed by atoms with Gasteiger partial charge in [-0.25, -0.2) is 13.6 Å². The van der Waals surface area contributed by atoms with Gasteiger partial charge in [0.05, 0.1) is 25.1 Å². The summed E-state index contributed by atoms with van der Waals surface area (Å²) in [5, 5.41) is 5.15. The highest BCUT2D eigenvalue weighted by Crippen LogP contribution is 2.29. The third-order valence-corrected chi connectivity index (χ3v) is 4.54. The molecule has 17 heavy (non-hydrogen) atoms. The summed E-state index contributed by atoms with van der Waals surface area (Å²) >= 11 is 0. The zero-order chi connectivity index (χ0) is 12.9. The summed E-state index contributed by atoms with van der Waals surface area (Å²) in [7, 11) is -3.46. The van der Waals surface area contributed by atoms with Gasteiger partial charge in [0, 0.05) is 12.0 Å². The lowest BCUT2D eigenvalue weighted by atomic mass is 9.85. The van der Waals surface area contributed by atoms with Crippen LogP contribution in [0.5, 0.6) is 0 Å². The van der Waals surface area contributed by atoms with E-state index in [4.69, 9.17) is 14.6 Å². The molecule has 0 saturated carbocycles. The summed E-state index contributed by atoms with van der Waals surface area (Å²) in [6.45, 7) is 5.72. The van der Waals surface area contributed by atoms with E-state index in [0.717, 1.165) is 25.9 Å². The Morgan fingerprint density at radius 2 is 2.06 bits per heavy atom. The molecule has 0 aliphatic carbocycles. The first kappa shape index (κ1) is 14.9. The maximum absolute atomic E-state index is 11.3. The van der Waals surface area contributed by atoms with E-state index in [1.807, 2.05) is 13.8 Å². The van der Waals surface area contributed by atoms with Crippen molar-refractivity contribution in [1.29, 1.82) is 0 Å². The molecule has 1 rings (SSSR count). The van der Waals surface area contributed by atoms with Gasteiger partial charge in [-0.2, -0.15) is 0 Å². The van der Waals surface area contributed by atoms with Crippen LogP contribution < -0.4 is 5.14 Å². The molecule has 0 aromatic rings. The van der Waals surface area contributed by atoms with Gasteiger partial charge in [-0.05, 0) is 19.3 Å². The summed E-state index contributed by atoms with van der Waals surface area (Å²) in [4.78, 5) is 0. The van der Waals surface area contributed by atoms with Crippen LogP contribution in [-0.2, 0) is 19.5 Å². The molecule has 0 aromatic heterocycles. The molecule has 0 amide bonds. The van der Waals surface area contributed by atoms with Crippen molar-refractivity contribution < 1.29 is 17.9 Å². The van der Waals surface area contributed by atoms with E-state index in [2.05, 4.69) is 0 Å². The van der Waals surface area contributed by atoms with E-state index in [1.165, 1.54) is 0 Å². The maximum atomic E-state index is 11.3. The second kappa shape index (κ2) is 6.13. The van der Waals surface area contributed by atoms with Crippen molar-refractivity contribution in [2.75, 3.05) is 25.6 Å². The predicted molar refractivity (Wildman–Crippen MR) is 66.2 cm³/mol. The topological polar surface area (TPSA) is 78.6 Å². The molecule has 1 heterocycles. The van der Waals surface area contributed by atoms with Crippen LogP contribution in [0, 0.1) is 5.41 Å². The Kier molecular flexibility index (Phi) is 5.37. The van der Waals surface area contributed by atoms with Gasteiger partial charge in [-0.15, -0.1) is 0 Å². The monoisotopic (exact) mass is 265 g/mol. The van der Waals surface area contributed by atoms with Gasteiger partial charge < -0.3 is 9.47 Å². The minimum absolute atomic E-state index is 0.0133. The van der Waals surface area contributed by atoms with Crippen LogP contribution in [0.3, 0.4) is 0 Å². The first-order valence-electron chi connectivity index (χ1n) is 6.10. The number of sulfonamides is 1. The van der Waals surface area contributed by atoms with E-state index in [0.29, 0.717) is 13.2 Å². The Hall–Kier alpha value is -0.170. The van der Waals surface area contributed by atoms with Gasteiger partial charge in [0.15, 0.2) is 0 Å². The molecule has 0 aromatic carbocycles. The lowest BCUT2D eigenvalue weighted by molar-refractivity contribution is -0.00888. The standard InChI is InChI=1S/C11H23NO4S/c1-3-11(4-2,9-17(12,13)14)8-16-10-5-6-15-7-10/h10H,3-9H2,1-2H3,(H2,12,13,14). The summed E-state index contributed by atoms with van der Waals surface area (Å²) in [6.07, 6.45) is 2.48. The summed E-state index contributed by atoms with van der Waals surface area (Å²) in [5.41, 5.74) is -0.365. The Labute approximate surface area is 104 Å². The van der Waals surface area contributed by atoms with Gasteiger partial charge in [-0.3, -0.25) is 0 Å². The fraction of sp³-hybridized carbons (Fsp3) is 1.00. The van der Waals surface area contributed by atoms with Crippen molar-refractivity contribution in [3.63, 3.8) is 0 Å². The summed E-state index contributed by atoms with van der Waals surface area (Å²) in [6, 6.07) is 0. The molecule has 0 radical (unpaired) electrons. The number of hydrogen-bond acceptors (Lipinski definition) is 4. The molecule has 5 nitrogen and oxygen atoms in total. The van der Waals surface area contributed by atoms with Crippen molar-refractivity contribution in [3.8, 4) is 0 Å². The zero-order valence-electron chi connectivity index (χ0n) is 10.6. The quantitative estimate of drug-likeness (QED) is 0.741. The van der Waals surface area contributed by atoms with E-state index in [1.54, 1.807) is 0 Å². The average Bonchev–Trinajstić information content (AvgIpc) is 2.75. The molecular formula is C11H23NO4S. The molecule has 102 valence electrons. The van der Waals surface area contributed by atoms with Crippen LogP contribution in [0.2, 0.25) is 0 Å². The molecule has 0 bridgehead atoms. The second-order valence-corrected chi connectivity index (χ2v) is 6.43. The fourth-order valence-electron chi connectivity index (χ4n) is 2.07. The highest BCUT2D eigenvalue weighted by molar-refractivity contribution is 7.89. The largest absolute Gasteiger partial charge is 0.379 e. The van der Waals surface area contributed by atoms with Crippen LogP contribution >= 0.6 is 0 Å². The van der Waals surface area contributed by atoms with E-state index in [-0.39, 0.29) is 17.3 Å². The Morgan fingerprint density at radius 3 is 2.47 bits per heavy atom. The van der Waals surface area contributed by atoms with Crippen LogP contribution in [-0.4, -0.2) is 40.1 Å². The van der Waals surface area contributed by atoms with Crippen molar-refractivity contribution in [2.24, 2.45) is 10.6 Å². The maximum Gasteiger partial charge on any atom is 0.209 e. The normalized spacial score (nSPS) is 21.9. The number of hydrogen-bond donors (Lipinski definition) is 1. The Balaban J connectivity index is 2.56. The van der Waals surface area contributed by atoms with Crippen molar-refractivity contribution in [1.82, 2.24) is 0 Å². The van der Waals surface area contributed by atoms with E-state index < -0.39 is 10.0 Å². The van der Waals surface area contributed by atoms with Gasteiger partial charge >= 0.3 is 0 Å². The molecule has 1 aliphatic rings.